The third-order valence-electron chi connectivity index (χ3n) is 3.83. The molecular weight excluding hydrogens is 472 g/mol. The molecule has 0 unspecified atom stereocenters. The number of amides is 2. The number of hydrogen-bond acceptors (Lipinski definition) is 10. The summed E-state index contributed by atoms with van der Waals surface area (Å²) >= 11 is 3.56. The first-order valence-electron chi connectivity index (χ1n) is 9.55. The van der Waals surface area contributed by atoms with Crippen molar-refractivity contribution in [3.63, 3.8) is 0 Å². The third-order valence-corrected chi connectivity index (χ3v) is 6.69. The molecule has 0 aliphatic rings. The average molecular weight is 493 g/mol. The van der Waals surface area contributed by atoms with E-state index in [1.54, 1.807) is 13.8 Å². The van der Waals surface area contributed by atoms with Crippen LogP contribution in [-0.4, -0.2) is 47.1 Å². The third kappa shape index (κ3) is 6.28. The molecule has 9 nitrogen and oxygen atoms in total. The molecule has 1 aromatic carbocycles. The Morgan fingerprint density at radius 1 is 1.03 bits per heavy atom. The summed E-state index contributed by atoms with van der Waals surface area (Å²) in [6, 6.07) is 9.43. The molecular formula is C20H20N4O5S3. The van der Waals surface area contributed by atoms with E-state index in [-0.39, 0.29) is 30.0 Å². The molecule has 3 aromatic rings. The quantitative estimate of drug-likeness (QED) is 0.250. The van der Waals surface area contributed by atoms with Gasteiger partial charge in [0.2, 0.25) is 11.0 Å². The number of thioether (sulfide) groups is 1. The van der Waals surface area contributed by atoms with Crippen molar-refractivity contribution < 1.29 is 23.9 Å². The Bertz CT molecular complexity index is 1080. The molecule has 0 radical (unpaired) electrons. The second kappa shape index (κ2) is 11.6. The normalized spacial score (nSPS) is 10.4. The van der Waals surface area contributed by atoms with Gasteiger partial charge in [0.25, 0.3) is 0 Å². The van der Waals surface area contributed by atoms with E-state index in [0.29, 0.717) is 20.5 Å². The van der Waals surface area contributed by atoms with E-state index in [1.165, 1.54) is 23.1 Å². The van der Waals surface area contributed by atoms with Crippen molar-refractivity contribution in [3.05, 3.63) is 41.3 Å². The van der Waals surface area contributed by atoms with Crippen molar-refractivity contribution in [1.29, 1.82) is 0 Å². The second-order valence-electron chi connectivity index (χ2n) is 6.00. The van der Waals surface area contributed by atoms with Crippen LogP contribution >= 0.6 is 34.4 Å². The van der Waals surface area contributed by atoms with Gasteiger partial charge in [0, 0.05) is 10.9 Å². The number of esters is 1. The maximum Gasteiger partial charge on any atom is 0.413 e. The first kappa shape index (κ1) is 23.7. The molecule has 3 rings (SSSR count). The first-order valence-corrected chi connectivity index (χ1v) is 12.2. The molecule has 2 heterocycles. The van der Waals surface area contributed by atoms with Crippen LogP contribution in [-0.2, 0) is 14.3 Å². The van der Waals surface area contributed by atoms with Crippen LogP contribution in [0, 0.1) is 0 Å². The van der Waals surface area contributed by atoms with Gasteiger partial charge in [0.1, 0.15) is 10.6 Å². The van der Waals surface area contributed by atoms with Crippen LogP contribution in [0.3, 0.4) is 0 Å². The molecule has 2 amide bonds. The molecule has 0 saturated carbocycles. The number of nitrogens with zero attached hydrogens (tertiary/aromatic N) is 2. The molecule has 0 fully saturated rings. The molecule has 32 heavy (non-hydrogen) atoms. The highest BCUT2D eigenvalue weighted by molar-refractivity contribution is 8.01. The average Bonchev–Trinajstić information content (AvgIpc) is 3.40. The standard InChI is InChI=1S/C20H20N4O5S3/c1-3-28-17(26)15-13(12-8-6-5-7-9-12)10-30-16(15)21-14(25)11-31-20-24-23-18(32-20)22-19(27)29-4-2/h5-10H,3-4,11H2,1-2H3,(H,21,25)(H,22,23,27). The van der Waals surface area contributed by atoms with E-state index < -0.39 is 12.1 Å². The Hall–Kier alpha value is -2.96. The van der Waals surface area contributed by atoms with Gasteiger partial charge in [-0.1, -0.05) is 53.4 Å². The second-order valence-corrected chi connectivity index (χ2v) is 9.08. The summed E-state index contributed by atoms with van der Waals surface area (Å²) in [5.74, 6) is -0.749. The summed E-state index contributed by atoms with van der Waals surface area (Å²) in [6.45, 7) is 3.90. The molecule has 0 saturated heterocycles. The largest absolute Gasteiger partial charge is 0.462 e. The van der Waals surface area contributed by atoms with Crippen LogP contribution in [0.2, 0.25) is 0 Å². The summed E-state index contributed by atoms with van der Waals surface area (Å²) in [5.41, 5.74) is 1.89. The molecule has 168 valence electrons. The fourth-order valence-corrected chi connectivity index (χ4v) is 5.06. The van der Waals surface area contributed by atoms with Gasteiger partial charge >= 0.3 is 12.1 Å². The van der Waals surface area contributed by atoms with E-state index >= 15 is 0 Å². The molecule has 0 spiro atoms. The van der Waals surface area contributed by atoms with Gasteiger partial charge in [-0.05, 0) is 19.4 Å². The number of nitrogens with one attached hydrogen (secondary N) is 2. The zero-order valence-corrected chi connectivity index (χ0v) is 19.7. The lowest BCUT2D eigenvalue weighted by Crippen LogP contribution is -2.16. The Morgan fingerprint density at radius 2 is 1.78 bits per heavy atom. The van der Waals surface area contributed by atoms with Crippen LogP contribution in [0.25, 0.3) is 11.1 Å². The lowest BCUT2D eigenvalue weighted by Gasteiger charge is -2.08. The van der Waals surface area contributed by atoms with E-state index in [9.17, 15) is 14.4 Å². The van der Waals surface area contributed by atoms with Gasteiger partial charge in [0.15, 0.2) is 4.34 Å². The predicted octanol–water partition coefficient (Wildman–Crippen LogP) is 4.74. The molecule has 0 aliphatic carbocycles. The van der Waals surface area contributed by atoms with Crippen LogP contribution < -0.4 is 10.6 Å². The minimum absolute atomic E-state index is 0.0505. The molecule has 0 aliphatic heterocycles. The fraction of sp³-hybridized carbons (Fsp3) is 0.250. The van der Waals surface area contributed by atoms with Crippen LogP contribution in [0.1, 0.15) is 24.2 Å². The number of thiophene rings is 1. The Balaban J connectivity index is 1.66. The Morgan fingerprint density at radius 3 is 2.50 bits per heavy atom. The van der Waals surface area contributed by atoms with Gasteiger partial charge in [-0.15, -0.1) is 21.5 Å². The van der Waals surface area contributed by atoms with Gasteiger partial charge in [-0.2, -0.15) is 0 Å². The maximum atomic E-state index is 12.6. The SMILES string of the molecule is CCOC(=O)Nc1nnc(SCC(=O)Nc2scc(-c3ccccc3)c2C(=O)OCC)s1. The minimum Gasteiger partial charge on any atom is -0.462 e. The minimum atomic E-state index is -0.614. The van der Waals surface area contributed by atoms with Crippen molar-refractivity contribution in [2.24, 2.45) is 0 Å². The van der Waals surface area contributed by atoms with Crippen molar-refractivity contribution in [2.75, 3.05) is 29.6 Å². The monoisotopic (exact) mass is 492 g/mol. The number of carbonyl (C=O) groups is 3. The zero-order chi connectivity index (χ0) is 22.9. The number of ether oxygens (including phenoxy) is 2. The number of hydrogen-bond donors (Lipinski definition) is 2. The van der Waals surface area contributed by atoms with Crippen molar-refractivity contribution >= 4 is 62.5 Å². The Kier molecular flexibility index (Phi) is 8.59. The molecule has 2 aromatic heterocycles. The lowest BCUT2D eigenvalue weighted by atomic mass is 10.0. The first-order chi connectivity index (χ1) is 15.5. The highest BCUT2D eigenvalue weighted by Crippen LogP contribution is 2.36. The van der Waals surface area contributed by atoms with E-state index in [0.717, 1.165) is 16.9 Å². The van der Waals surface area contributed by atoms with Crippen molar-refractivity contribution in [2.45, 2.75) is 18.2 Å². The van der Waals surface area contributed by atoms with Crippen molar-refractivity contribution in [3.8, 4) is 11.1 Å². The van der Waals surface area contributed by atoms with Crippen LogP contribution in [0.5, 0.6) is 0 Å². The predicted molar refractivity (Wildman–Crippen MR) is 126 cm³/mol. The van der Waals surface area contributed by atoms with Gasteiger partial charge < -0.3 is 14.8 Å². The zero-order valence-electron chi connectivity index (χ0n) is 17.2. The van der Waals surface area contributed by atoms with E-state index in [1.807, 2.05) is 35.7 Å². The lowest BCUT2D eigenvalue weighted by molar-refractivity contribution is -0.113. The summed E-state index contributed by atoms with van der Waals surface area (Å²) in [4.78, 5) is 36.5. The van der Waals surface area contributed by atoms with Crippen LogP contribution in [0.4, 0.5) is 14.9 Å². The van der Waals surface area contributed by atoms with Crippen LogP contribution in [0.15, 0.2) is 40.1 Å². The van der Waals surface area contributed by atoms with E-state index in [4.69, 9.17) is 9.47 Å². The summed E-state index contributed by atoms with van der Waals surface area (Å²) in [5, 5.41) is 15.6. The number of aromatic nitrogens is 2. The van der Waals surface area contributed by atoms with Gasteiger partial charge in [-0.25, -0.2) is 9.59 Å². The Labute approximate surface area is 196 Å². The summed E-state index contributed by atoms with van der Waals surface area (Å²) in [6.07, 6.45) is -0.614. The number of benzene rings is 1. The molecule has 12 heteroatoms. The number of anilines is 2. The van der Waals surface area contributed by atoms with E-state index in [2.05, 4.69) is 20.8 Å². The highest BCUT2D eigenvalue weighted by Gasteiger charge is 2.23. The summed E-state index contributed by atoms with van der Waals surface area (Å²) < 4.78 is 10.5. The van der Waals surface area contributed by atoms with Gasteiger partial charge in [-0.3, -0.25) is 10.1 Å². The number of rotatable bonds is 9. The maximum absolute atomic E-state index is 12.6. The smallest absolute Gasteiger partial charge is 0.413 e. The fourth-order valence-electron chi connectivity index (χ4n) is 2.55. The number of carbonyl (C=O) groups excluding carboxylic acids is 3. The van der Waals surface area contributed by atoms with Crippen molar-refractivity contribution in [1.82, 2.24) is 10.2 Å². The molecule has 0 bridgehead atoms. The van der Waals surface area contributed by atoms with Gasteiger partial charge in [0.05, 0.1) is 19.0 Å². The molecule has 0 atom stereocenters. The molecule has 2 N–H and O–H groups in total. The highest BCUT2D eigenvalue weighted by atomic mass is 32.2. The topological polar surface area (TPSA) is 120 Å². The summed E-state index contributed by atoms with van der Waals surface area (Å²) in [7, 11) is 0.